The molecule has 1 aromatic heterocycles. The Kier molecular flexibility index (Phi) is 4.73. The van der Waals surface area contributed by atoms with Gasteiger partial charge < -0.3 is 14.8 Å². The molecule has 2 aromatic rings. The first kappa shape index (κ1) is 15.5. The lowest BCUT2D eigenvalue weighted by atomic mass is 10.2. The van der Waals surface area contributed by atoms with Gasteiger partial charge in [0.15, 0.2) is 0 Å². The third kappa shape index (κ3) is 3.41. The SMILES string of the molecule is COC(=O)c1ccc(C(=O)Nc2cc(C)ccc2OC)nc1. The largest absolute Gasteiger partial charge is 0.495 e. The molecule has 0 radical (unpaired) electrons. The summed E-state index contributed by atoms with van der Waals surface area (Å²) >= 11 is 0. The van der Waals surface area contributed by atoms with E-state index in [0.717, 1.165) is 5.56 Å². The Bertz CT molecular complexity index is 696. The summed E-state index contributed by atoms with van der Waals surface area (Å²) in [5.41, 5.74) is 2.03. The second-order valence-corrected chi connectivity index (χ2v) is 4.58. The van der Waals surface area contributed by atoms with E-state index in [1.54, 1.807) is 12.1 Å². The van der Waals surface area contributed by atoms with Gasteiger partial charge in [-0.25, -0.2) is 4.79 Å². The minimum Gasteiger partial charge on any atom is -0.495 e. The number of nitrogens with one attached hydrogen (secondary N) is 1. The number of methoxy groups -OCH3 is 2. The summed E-state index contributed by atoms with van der Waals surface area (Å²) in [5, 5.41) is 2.74. The number of esters is 1. The van der Waals surface area contributed by atoms with Crippen LogP contribution in [0.3, 0.4) is 0 Å². The summed E-state index contributed by atoms with van der Waals surface area (Å²) in [7, 11) is 2.82. The molecular formula is C16H16N2O4. The maximum atomic E-state index is 12.2. The van der Waals surface area contributed by atoms with Crippen LogP contribution in [0, 0.1) is 6.92 Å². The maximum Gasteiger partial charge on any atom is 0.339 e. The summed E-state index contributed by atoms with van der Waals surface area (Å²) in [6.45, 7) is 1.92. The highest BCUT2D eigenvalue weighted by Gasteiger charge is 2.13. The van der Waals surface area contributed by atoms with Crippen molar-refractivity contribution in [1.82, 2.24) is 4.98 Å². The van der Waals surface area contributed by atoms with E-state index in [0.29, 0.717) is 11.4 Å². The van der Waals surface area contributed by atoms with Crippen LogP contribution >= 0.6 is 0 Å². The molecule has 0 aliphatic carbocycles. The lowest BCUT2D eigenvalue weighted by molar-refractivity contribution is 0.0600. The van der Waals surface area contributed by atoms with Crippen LogP contribution in [0.25, 0.3) is 0 Å². The number of aryl methyl sites for hydroxylation is 1. The Labute approximate surface area is 128 Å². The van der Waals surface area contributed by atoms with E-state index in [1.165, 1.54) is 32.5 Å². The topological polar surface area (TPSA) is 77.5 Å². The molecule has 0 atom stereocenters. The van der Waals surface area contributed by atoms with Gasteiger partial charge in [-0.2, -0.15) is 0 Å². The Morgan fingerprint density at radius 3 is 2.50 bits per heavy atom. The van der Waals surface area contributed by atoms with Crippen molar-refractivity contribution in [2.24, 2.45) is 0 Å². The molecule has 1 aromatic carbocycles. The van der Waals surface area contributed by atoms with Gasteiger partial charge in [0.25, 0.3) is 5.91 Å². The normalized spacial score (nSPS) is 9.95. The third-order valence-electron chi connectivity index (χ3n) is 3.02. The van der Waals surface area contributed by atoms with Gasteiger partial charge in [0.05, 0.1) is 25.5 Å². The Morgan fingerprint density at radius 2 is 1.91 bits per heavy atom. The first-order chi connectivity index (χ1) is 10.5. The number of hydrogen-bond acceptors (Lipinski definition) is 5. The van der Waals surface area contributed by atoms with Crippen LogP contribution < -0.4 is 10.1 Å². The van der Waals surface area contributed by atoms with Crippen molar-refractivity contribution in [3.8, 4) is 5.75 Å². The van der Waals surface area contributed by atoms with E-state index in [9.17, 15) is 9.59 Å². The van der Waals surface area contributed by atoms with Crippen LogP contribution in [0.5, 0.6) is 5.75 Å². The highest BCUT2D eigenvalue weighted by molar-refractivity contribution is 6.04. The van der Waals surface area contributed by atoms with Crippen LogP contribution in [0.1, 0.15) is 26.4 Å². The van der Waals surface area contributed by atoms with Crippen molar-refractivity contribution in [3.05, 3.63) is 53.3 Å². The zero-order valence-corrected chi connectivity index (χ0v) is 12.5. The van der Waals surface area contributed by atoms with E-state index in [-0.39, 0.29) is 17.2 Å². The van der Waals surface area contributed by atoms with Crippen molar-refractivity contribution < 1.29 is 19.1 Å². The van der Waals surface area contributed by atoms with Gasteiger partial charge in [-0.15, -0.1) is 0 Å². The minimum atomic E-state index is -0.500. The van der Waals surface area contributed by atoms with Crippen molar-refractivity contribution >= 4 is 17.6 Å². The lowest BCUT2D eigenvalue weighted by Crippen LogP contribution is -2.15. The second-order valence-electron chi connectivity index (χ2n) is 4.58. The molecule has 6 heteroatoms. The first-order valence-electron chi connectivity index (χ1n) is 6.55. The molecule has 0 saturated heterocycles. The molecule has 0 bridgehead atoms. The number of benzene rings is 1. The van der Waals surface area contributed by atoms with E-state index in [4.69, 9.17) is 4.74 Å². The standard InChI is InChI=1S/C16H16N2O4/c1-10-4-7-14(21-2)13(8-10)18-15(19)12-6-5-11(9-17-12)16(20)22-3/h4-9H,1-3H3,(H,18,19). The fraction of sp³-hybridized carbons (Fsp3) is 0.188. The molecule has 1 amide bonds. The Morgan fingerprint density at radius 1 is 1.14 bits per heavy atom. The number of nitrogens with zero attached hydrogens (tertiary/aromatic N) is 1. The van der Waals surface area contributed by atoms with E-state index in [2.05, 4.69) is 15.0 Å². The van der Waals surface area contributed by atoms with Gasteiger partial charge in [-0.1, -0.05) is 6.07 Å². The molecule has 0 saturated carbocycles. The number of ether oxygens (including phenoxy) is 2. The van der Waals surface area contributed by atoms with Crippen molar-refractivity contribution in [1.29, 1.82) is 0 Å². The van der Waals surface area contributed by atoms with E-state index >= 15 is 0 Å². The molecular weight excluding hydrogens is 284 g/mol. The zero-order valence-electron chi connectivity index (χ0n) is 12.5. The van der Waals surface area contributed by atoms with Gasteiger partial charge in [-0.05, 0) is 36.8 Å². The predicted octanol–water partition coefficient (Wildman–Crippen LogP) is 2.44. The number of pyridine rings is 1. The molecule has 22 heavy (non-hydrogen) atoms. The lowest BCUT2D eigenvalue weighted by Gasteiger charge is -2.10. The fourth-order valence-corrected chi connectivity index (χ4v) is 1.87. The number of rotatable bonds is 4. The number of aromatic nitrogens is 1. The molecule has 0 fully saturated rings. The minimum absolute atomic E-state index is 0.191. The number of anilines is 1. The Hall–Kier alpha value is -2.89. The van der Waals surface area contributed by atoms with Gasteiger partial charge in [0.2, 0.25) is 0 Å². The molecule has 0 spiro atoms. The van der Waals surface area contributed by atoms with Gasteiger partial charge in [-0.3, -0.25) is 9.78 Å². The quantitative estimate of drug-likeness (QED) is 0.877. The average Bonchev–Trinajstić information content (AvgIpc) is 2.54. The van der Waals surface area contributed by atoms with Crippen molar-refractivity contribution in [2.45, 2.75) is 6.92 Å². The summed E-state index contributed by atoms with van der Waals surface area (Å²) in [6.07, 6.45) is 1.30. The summed E-state index contributed by atoms with van der Waals surface area (Å²) in [5.74, 6) is -0.328. The summed E-state index contributed by atoms with van der Waals surface area (Å²) in [6, 6.07) is 8.42. The fourth-order valence-electron chi connectivity index (χ4n) is 1.87. The van der Waals surface area contributed by atoms with Crippen LogP contribution in [0.15, 0.2) is 36.5 Å². The van der Waals surface area contributed by atoms with Gasteiger partial charge in [0, 0.05) is 6.20 Å². The molecule has 0 aliphatic rings. The maximum absolute atomic E-state index is 12.2. The highest BCUT2D eigenvalue weighted by atomic mass is 16.5. The van der Waals surface area contributed by atoms with Gasteiger partial charge in [0.1, 0.15) is 11.4 Å². The summed E-state index contributed by atoms with van der Waals surface area (Å²) < 4.78 is 9.79. The van der Waals surface area contributed by atoms with E-state index in [1.807, 2.05) is 13.0 Å². The molecule has 0 aliphatic heterocycles. The molecule has 0 unspecified atom stereocenters. The van der Waals surface area contributed by atoms with Gasteiger partial charge >= 0.3 is 5.97 Å². The second kappa shape index (κ2) is 6.71. The molecule has 1 heterocycles. The number of amides is 1. The smallest absolute Gasteiger partial charge is 0.339 e. The summed E-state index contributed by atoms with van der Waals surface area (Å²) in [4.78, 5) is 27.5. The number of carbonyl (C=O) groups excluding carboxylic acids is 2. The van der Waals surface area contributed by atoms with Crippen molar-refractivity contribution in [3.63, 3.8) is 0 Å². The Balaban J connectivity index is 2.19. The van der Waals surface area contributed by atoms with Crippen LogP contribution in [0.2, 0.25) is 0 Å². The van der Waals surface area contributed by atoms with Crippen molar-refractivity contribution in [2.75, 3.05) is 19.5 Å². The van der Waals surface area contributed by atoms with Crippen LogP contribution in [-0.2, 0) is 4.74 Å². The first-order valence-corrected chi connectivity index (χ1v) is 6.55. The zero-order chi connectivity index (χ0) is 16.1. The molecule has 2 rings (SSSR count). The van der Waals surface area contributed by atoms with Crippen LogP contribution in [-0.4, -0.2) is 31.1 Å². The van der Waals surface area contributed by atoms with Crippen LogP contribution in [0.4, 0.5) is 5.69 Å². The predicted molar refractivity (Wildman–Crippen MR) is 81.3 cm³/mol. The molecule has 114 valence electrons. The van der Waals surface area contributed by atoms with E-state index < -0.39 is 5.97 Å². The highest BCUT2D eigenvalue weighted by Crippen LogP contribution is 2.25. The average molecular weight is 300 g/mol. The monoisotopic (exact) mass is 300 g/mol. The molecule has 6 nitrogen and oxygen atoms in total. The number of hydrogen-bond donors (Lipinski definition) is 1. The molecule has 1 N–H and O–H groups in total. The third-order valence-corrected chi connectivity index (χ3v) is 3.02. The number of carbonyl (C=O) groups is 2.